The van der Waals surface area contributed by atoms with Gasteiger partial charge in [-0.15, -0.1) is 13.2 Å². The minimum absolute atomic E-state index is 0.225. The van der Waals surface area contributed by atoms with Gasteiger partial charge in [-0.1, -0.05) is 11.6 Å². The Morgan fingerprint density at radius 3 is 2.38 bits per heavy atom. The van der Waals surface area contributed by atoms with Crippen molar-refractivity contribution >= 4 is 11.6 Å². The van der Waals surface area contributed by atoms with Gasteiger partial charge in [0.15, 0.2) is 0 Å². The lowest BCUT2D eigenvalue weighted by Gasteiger charge is -2.10. The van der Waals surface area contributed by atoms with E-state index in [0.29, 0.717) is 10.6 Å². The Morgan fingerprint density at radius 1 is 1.31 bits per heavy atom. The van der Waals surface area contributed by atoms with E-state index in [-0.39, 0.29) is 5.75 Å². The van der Waals surface area contributed by atoms with Crippen molar-refractivity contribution in [2.45, 2.75) is 13.3 Å². The molecule has 13 heavy (non-hydrogen) atoms. The highest BCUT2D eigenvalue weighted by Crippen LogP contribution is 2.27. The fourth-order valence-corrected chi connectivity index (χ4v) is 1.08. The predicted molar refractivity (Wildman–Crippen MR) is 42.9 cm³/mol. The van der Waals surface area contributed by atoms with Crippen LogP contribution in [0.5, 0.6) is 5.75 Å². The highest BCUT2D eigenvalue weighted by atomic mass is 35.5. The van der Waals surface area contributed by atoms with Crippen molar-refractivity contribution in [1.29, 1.82) is 0 Å². The molecule has 0 aromatic heterocycles. The molecule has 0 saturated carbocycles. The van der Waals surface area contributed by atoms with E-state index in [1.807, 2.05) is 0 Å². The lowest BCUT2D eigenvalue weighted by Crippen LogP contribution is -2.17. The van der Waals surface area contributed by atoms with Crippen molar-refractivity contribution in [1.82, 2.24) is 0 Å². The van der Waals surface area contributed by atoms with Gasteiger partial charge in [0.2, 0.25) is 0 Å². The van der Waals surface area contributed by atoms with Crippen LogP contribution in [0.4, 0.5) is 13.2 Å². The van der Waals surface area contributed by atoms with Gasteiger partial charge < -0.3 is 4.74 Å². The van der Waals surface area contributed by atoms with Gasteiger partial charge in [0.05, 0.1) is 0 Å². The number of alkyl halides is 3. The molecule has 1 aromatic carbocycles. The molecule has 0 spiro atoms. The lowest BCUT2D eigenvalue weighted by molar-refractivity contribution is -0.274. The molecule has 0 atom stereocenters. The fraction of sp³-hybridized carbons (Fsp3) is 0.250. The summed E-state index contributed by atoms with van der Waals surface area (Å²) in [5.41, 5.74) is 0.352. The highest BCUT2D eigenvalue weighted by molar-refractivity contribution is 6.30. The van der Waals surface area contributed by atoms with Crippen LogP contribution < -0.4 is 4.74 Å². The molecule has 0 aliphatic heterocycles. The van der Waals surface area contributed by atoms with Crippen LogP contribution in [0.2, 0.25) is 5.02 Å². The van der Waals surface area contributed by atoms with Crippen molar-refractivity contribution in [2.24, 2.45) is 0 Å². The molecule has 0 N–H and O–H groups in total. The average molecular weight is 211 g/mol. The summed E-state index contributed by atoms with van der Waals surface area (Å²) in [6.07, 6.45) is -4.65. The molecule has 5 heteroatoms. The normalized spacial score (nSPS) is 11.5. The molecule has 1 rings (SSSR count). The van der Waals surface area contributed by atoms with Crippen LogP contribution in [0.25, 0.3) is 0 Å². The maximum Gasteiger partial charge on any atom is 0.573 e. The molecule has 0 aliphatic carbocycles. The first-order chi connectivity index (χ1) is 5.88. The molecule has 1 nitrogen and oxygen atoms in total. The Morgan fingerprint density at radius 2 is 1.92 bits per heavy atom. The average Bonchev–Trinajstić information content (AvgIpc) is 1.93. The minimum atomic E-state index is -4.65. The first kappa shape index (κ1) is 10.2. The second kappa shape index (κ2) is 3.46. The molecule has 0 unspecified atom stereocenters. The number of ether oxygens (including phenoxy) is 1. The van der Waals surface area contributed by atoms with Gasteiger partial charge in [0.25, 0.3) is 0 Å². The Labute approximate surface area is 78.1 Å². The number of halogens is 4. The molecule has 0 bridgehead atoms. The van der Waals surface area contributed by atoms with E-state index >= 15 is 0 Å². The number of rotatable bonds is 1. The molecule has 0 aliphatic rings. The van der Waals surface area contributed by atoms with E-state index < -0.39 is 6.36 Å². The molecule has 0 fully saturated rings. The van der Waals surface area contributed by atoms with Gasteiger partial charge in [-0.3, -0.25) is 0 Å². The molecule has 0 saturated heterocycles. The lowest BCUT2D eigenvalue weighted by atomic mass is 10.2. The summed E-state index contributed by atoms with van der Waals surface area (Å²) in [4.78, 5) is 0. The van der Waals surface area contributed by atoms with Crippen LogP contribution >= 0.6 is 11.6 Å². The third-order valence-electron chi connectivity index (χ3n) is 1.36. The third-order valence-corrected chi connectivity index (χ3v) is 1.60. The highest BCUT2D eigenvalue weighted by Gasteiger charge is 2.31. The molecule has 0 radical (unpaired) electrons. The van der Waals surface area contributed by atoms with Crippen molar-refractivity contribution in [3.05, 3.63) is 28.8 Å². The summed E-state index contributed by atoms with van der Waals surface area (Å²) in [7, 11) is 0. The van der Waals surface area contributed by atoms with Crippen LogP contribution in [0.1, 0.15) is 5.56 Å². The quantitative estimate of drug-likeness (QED) is 0.689. The molecule has 72 valence electrons. The molecule has 0 heterocycles. The first-order valence-corrected chi connectivity index (χ1v) is 3.78. The number of aryl methyl sites for hydroxylation is 1. The van der Waals surface area contributed by atoms with E-state index in [4.69, 9.17) is 11.6 Å². The third kappa shape index (κ3) is 3.14. The summed E-state index contributed by atoms with van der Waals surface area (Å²) in [5, 5.41) is 0.382. The summed E-state index contributed by atoms with van der Waals surface area (Å²) in [6.45, 7) is 1.49. The van der Waals surface area contributed by atoms with E-state index in [1.54, 1.807) is 0 Å². The largest absolute Gasteiger partial charge is 0.573 e. The van der Waals surface area contributed by atoms with Gasteiger partial charge >= 0.3 is 6.36 Å². The Hall–Kier alpha value is -0.900. The molecule has 1 aromatic rings. The minimum Gasteiger partial charge on any atom is -0.406 e. The number of hydrogen-bond acceptors (Lipinski definition) is 1. The zero-order valence-electron chi connectivity index (χ0n) is 6.65. The van der Waals surface area contributed by atoms with Crippen molar-refractivity contribution in [3.8, 4) is 5.75 Å². The topological polar surface area (TPSA) is 9.23 Å². The standard InChI is InChI=1S/C8H6ClF3O/c1-5-4-6(9)2-3-7(5)13-8(10,11)12/h2-4H,1H3. The fourth-order valence-electron chi connectivity index (χ4n) is 0.852. The maximum atomic E-state index is 11.8. The van der Waals surface area contributed by atoms with Crippen LogP contribution in [0.15, 0.2) is 18.2 Å². The van der Waals surface area contributed by atoms with Crippen LogP contribution in [0.3, 0.4) is 0 Å². The molecular formula is C8H6ClF3O. The molecular weight excluding hydrogens is 205 g/mol. The van der Waals surface area contributed by atoms with E-state index in [2.05, 4.69) is 4.74 Å². The predicted octanol–water partition coefficient (Wildman–Crippen LogP) is 3.55. The Kier molecular flexibility index (Phi) is 2.71. The Bertz CT molecular complexity index is 309. The summed E-state index contributed by atoms with van der Waals surface area (Å²) in [5.74, 6) is -0.225. The van der Waals surface area contributed by atoms with Crippen molar-refractivity contribution in [2.75, 3.05) is 0 Å². The van der Waals surface area contributed by atoms with Gasteiger partial charge in [0.1, 0.15) is 5.75 Å². The van der Waals surface area contributed by atoms with Crippen LogP contribution in [0, 0.1) is 6.92 Å². The van der Waals surface area contributed by atoms with Gasteiger partial charge in [-0.05, 0) is 30.7 Å². The van der Waals surface area contributed by atoms with Crippen LogP contribution in [-0.2, 0) is 0 Å². The van der Waals surface area contributed by atoms with Crippen LogP contribution in [-0.4, -0.2) is 6.36 Å². The van der Waals surface area contributed by atoms with E-state index in [9.17, 15) is 13.2 Å². The van der Waals surface area contributed by atoms with Crippen molar-refractivity contribution in [3.63, 3.8) is 0 Å². The maximum absolute atomic E-state index is 11.8. The summed E-state index contributed by atoms with van der Waals surface area (Å²) < 4.78 is 39.0. The zero-order valence-corrected chi connectivity index (χ0v) is 7.41. The second-order valence-corrected chi connectivity index (χ2v) is 2.89. The molecule has 0 amide bonds. The van der Waals surface area contributed by atoms with Gasteiger partial charge in [-0.2, -0.15) is 0 Å². The second-order valence-electron chi connectivity index (χ2n) is 2.46. The number of hydrogen-bond donors (Lipinski definition) is 0. The van der Waals surface area contributed by atoms with Gasteiger partial charge in [0, 0.05) is 5.02 Å². The first-order valence-electron chi connectivity index (χ1n) is 3.40. The SMILES string of the molecule is Cc1cc(Cl)ccc1OC(F)(F)F. The summed E-state index contributed by atoms with van der Waals surface area (Å²) >= 11 is 5.55. The monoisotopic (exact) mass is 210 g/mol. The van der Waals surface area contributed by atoms with Gasteiger partial charge in [-0.25, -0.2) is 0 Å². The van der Waals surface area contributed by atoms with E-state index in [1.165, 1.54) is 25.1 Å². The smallest absolute Gasteiger partial charge is 0.406 e. The Balaban J connectivity index is 2.90. The zero-order chi connectivity index (χ0) is 10.1. The number of benzene rings is 1. The van der Waals surface area contributed by atoms with Crippen molar-refractivity contribution < 1.29 is 17.9 Å². The van der Waals surface area contributed by atoms with E-state index in [0.717, 1.165) is 0 Å². The summed E-state index contributed by atoms with van der Waals surface area (Å²) in [6, 6.07) is 3.93.